The smallest absolute Gasteiger partial charge is 0.130 e. The van der Waals surface area contributed by atoms with Crippen molar-refractivity contribution < 1.29 is 0 Å². The number of rotatable bonds is 5. The minimum Gasteiger partial charge on any atom is -0.369 e. The van der Waals surface area contributed by atoms with Crippen LogP contribution >= 0.6 is 15.9 Å². The number of nitrogens with one attached hydrogen (secondary N) is 1. The molecular formula is C10H15BrN4. The zero-order valence-electron chi connectivity index (χ0n) is 8.78. The molecule has 1 aliphatic rings. The van der Waals surface area contributed by atoms with Gasteiger partial charge in [0.2, 0.25) is 0 Å². The number of anilines is 1. The van der Waals surface area contributed by atoms with Gasteiger partial charge >= 0.3 is 0 Å². The molecule has 0 aliphatic heterocycles. The maximum Gasteiger partial charge on any atom is 0.130 e. The largest absolute Gasteiger partial charge is 0.369 e. The highest BCUT2D eigenvalue weighted by Gasteiger charge is 2.25. The molecule has 0 aromatic carbocycles. The SMILES string of the molecule is CN(CCNc1cc(Br)ncn1)C1CC1. The second-order valence-electron chi connectivity index (χ2n) is 3.86. The van der Waals surface area contributed by atoms with Gasteiger partial charge in [-0.05, 0) is 35.8 Å². The molecule has 82 valence electrons. The van der Waals surface area contributed by atoms with Crippen molar-refractivity contribution >= 4 is 21.7 Å². The van der Waals surface area contributed by atoms with E-state index in [2.05, 4.69) is 43.2 Å². The van der Waals surface area contributed by atoms with Crippen molar-refractivity contribution in [2.45, 2.75) is 18.9 Å². The molecule has 1 aromatic heterocycles. The topological polar surface area (TPSA) is 41.0 Å². The summed E-state index contributed by atoms with van der Waals surface area (Å²) in [4.78, 5) is 10.5. The summed E-state index contributed by atoms with van der Waals surface area (Å²) in [5.41, 5.74) is 0. The fraction of sp³-hybridized carbons (Fsp3) is 0.600. The monoisotopic (exact) mass is 270 g/mol. The second-order valence-corrected chi connectivity index (χ2v) is 4.68. The first-order chi connectivity index (χ1) is 7.25. The van der Waals surface area contributed by atoms with Crippen molar-refractivity contribution in [3.63, 3.8) is 0 Å². The molecule has 2 rings (SSSR count). The minimum absolute atomic E-state index is 0.815. The van der Waals surface area contributed by atoms with Crippen LogP contribution in [0.2, 0.25) is 0 Å². The Balaban J connectivity index is 1.73. The van der Waals surface area contributed by atoms with Crippen molar-refractivity contribution in [2.24, 2.45) is 0 Å². The maximum absolute atomic E-state index is 4.13. The van der Waals surface area contributed by atoms with E-state index in [1.165, 1.54) is 12.8 Å². The summed E-state index contributed by atoms with van der Waals surface area (Å²) >= 11 is 3.31. The first kappa shape index (κ1) is 10.8. The average Bonchev–Trinajstić information content (AvgIpc) is 3.00. The van der Waals surface area contributed by atoms with Gasteiger partial charge in [-0.1, -0.05) is 0 Å². The van der Waals surface area contributed by atoms with Crippen LogP contribution in [-0.4, -0.2) is 41.0 Å². The van der Waals surface area contributed by atoms with Gasteiger partial charge in [-0.2, -0.15) is 0 Å². The number of aromatic nitrogens is 2. The van der Waals surface area contributed by atoms with E-state index in [-0.39, 0.29) is 0 Å². The van der Waals surface area contributed by atoms with Crippen LogP contribution < -0.4 is 5.32 Å². The summed E-state index contributed by atoms with van der Waals surface area (Å²) in [5.74, 6) is 0.876. The zero-order chi connectivity index (χ0) is 10.7. The molecule has 0 spiro atoms. The highest BCUT2D eigenvalue weighted by atomic mass is 79.9. The van der Waals surface area contributed by atoms with Crippen LogP contribution in [0.25, 0.3) is 0 Å². The van der Waals surface area contributed by atoms with E-state index in [1.807, 2.05) is 6.07 Å². The molecule has 1 N–H and O–H groups in total. The lowest BCUT2D eigenvalue weighted by atomic mass is 10.5. The summed E-state index contributed by atoms with van der Waals surface area (Å²) in [6.45, 7) is 1.99. The molecule has 1 fully saturated rings. The van der Waals surface area contributed by atoms with E-state index in [1.54, 1.807) is 6.33 Å². The zero-order valence-corrected chi connectivity index (χ0v) is 10.4. The van der Waals surface area contributed by atoms with Gasteiger partial charge in [-0.25, -0.2) is 9.97 Å². The lowest BCUT2D eigenvalue weighted by Gasteiger charge is -2.15. The molecule has 0 bridgehead atoms. The van der Waals surface area contributed by atoms with Gasteiger partial charge in [-0.15, -0.1) is 0 Å². The summed E-state index contributed by atoms with van der Waals surface area (Å²) in [6, 6.07) is 2.71. The molecular weight excluding hydrogens is 256 g/mol. The van der Waals surface area contributed by atoms with Crippen molar-refractivity contribution in [3.05, 3.63) is 17.0 Å². The van der Waals surface area contributed by atoms with Crippen molar-refractivity contribution in [1.82, 2.24) is 14.9 Å². The molecule has 0 amide bonds. The van der Waals surface area contributed by atoms with Gasteiger partial charge in [0, 0.05) is 25.2 Å². The molecule has 0 radical (unpaired) electrons. The van der Waals surface area contributed by atoms with Crippen LogP contribution in [0.5, 0.6) is 0 Å². The fourth-order valence-corrected chi connectivity index (χ4v) is 1.80. The highest BCUT2D eigenvalue weighted by molar-refractivity contribution is 9.10. The molecule has 0 saturated heterocycles. The first-order valence-electron chi connectivity index (χ1n) is 5.17. The van der Waals surface area contributed by atoms with Crippen LogP contribution in [0.4, 0.5) is 5.82 Å². The van der Waals surface area contributed by atoms with Crippen LogP contribution in [-0.2, 0) is 0 Å². The summed E-state index contributed by atoms with van der Waals surface area (Å²) < 4.78 is 0.815. The summed E-state index contributed by atoms with van der Waals surface area (Å²) in [6.07, 6.45) is 4.27. The molecule has 1 aromatic rings. The second kappa shape index (κ2) is 4.90. The maximum atomic E-state index is 4.13. The first-order valence-corrected chi connectivity index (χ1v) is 5.96. The number of hydrogen-bond donors (Lipinski definition) is 1. The Morgan fingerprint density at radius 3 is 3.00 bits per heavy atom. The van der Waals surface area contributed by atoms with Gasteiger partial charge in [0.05, 0.1) is 0 Å². The van der Waals surface area contributed by atoms with Gasteiger partial charge in [0.1, 0.15) is 16.7 Å². The number of nitrogens with zero attached hydrogens (tertiary/aromatic N) is 3. The lowest BCUT2D eigenvalue weighted by Crippen LogP contribution is -2.27. The van der Waals surface area contributed by atoms with E-state index in [4.69, 9.17) is 0 Å². The number of hydrogen-bond acceptors (Lipinski definition) is 4. The third kappa shape index (κ3) is 3.43. The van der Waals surface area contributed by atoms with Crippen LogP contribution in [0.15, 0.2) is 17.0 Å². The Kier molecular flexibility index (Phi) is 3.53. The minimum atomic E-state index is 0.815. The molecule has 5 heteroatoms. The van der Waals surface area contributed by atoms with E-state index in [0.717, 1.165) is 29.6 Å². The molecule has 1 heterocycles. The molecule has 0 unspecified atom stereocenters. The molecule has 4 nitrogen and oxygen atoms in total. The number of likely N-dealkylation sites (N-methyl/N-ethyl adjacent to an activating group) is 1. The van der Waals surface area contributed by atoms with Crippen LogP contribution in [0.3, 0.4) is 0 Å². The van der Waals surface area contributed by atoms with E-state index in [0.29, 0.717) is 0 Å². The fourth-order valence-electron chi connectivity index (χ4n) is 1.49. The molecule has 15 heavy (non-hydrogen) atoms. The standard InChI is InChI=1S/C10H15BrN4/c1-15(8-2-3-8)5-4-12-10-6-9(11)13-7-14-10/h6-8H,2-5H2,1H3,(H,12,13,14). The van der Waals surface area contributed by atoms with Crippen LogP contribution in [0, 0.1) is 0 Å². The van der Waals surface area contributed by atoms with Crippen molar-refractivity contribution in [3.8, 4) is 0 Å². The van der Waals surface area contributed by atoms with E-state index < -0.39 is 0 Å². The molecule has 1 saturated carbocycles. The van der Waals surface area contributed by atoms with Gasteiger partial charge in [0.25, 0.3) is 0 Å². The quantitative estimate of drug-likeness (QED) is 0.828. The highest BCUT2D eigenvalue weighted by Crippen LogP contribution is 2.24. The van der Waals surface area contributed by atoms with Gasteiger partial charge < -0.3 is 10.2 Å². The predicted molar refractivity (Wildman–Crippen MR) is 63.9 cm³/mol. The Morgan fingerprint density at radius 2 is 2.33 bits per heavy atom. The predicted octanol–water partition coefficient (Wildman–Crippen LogP) is 1.75. The average molecular weight is 271 g/mol. The molecule has 1 aliphatic carbocycles. The summed E-state index contributed by atoms with van der Waals surface area (Å²) in [5, 5.41) is 3.28. The number of halogens is 1. The Morgan fingerprint density at radius 1 is 1.53 bits per heavy atom. The van der Waals surface area contributed by atoms with E-state index in [9.17, 15) is 0 Å². The Labute approximate surface area is 98.2 Å². The normalized spacial score (nSPS) is 15.7. The van der Waals surface area contributed by atoms with Crippen molar-refractivity contribution in [2.75, 3.05) is 25.5 Å². The van der Waals surface area contributed by atoms with Crippen LogP contribution in [0.1, 0.15) is 12.8 Å². The lowest BCUT2D eigenvalue weighted by molar-refractivity contribution is 0.337. The third-order valence-corrected chi connectivity index (χ3v) is 3.01. The summed E-state index contributed by atoms with van der Waals surface area (Å²) in [7, 11) is 2.18. The van der Waals surface area contributed by atoms with Gasteiger partial charge in [-0.3, -0.25) is 0 Å². The van der Waals surface area contributed by atoms with Gasteiger partial charge in [0.15, 0.2) is 0 Å². The molecule has 0 atom stereocenters. The van der Waals surface area contributed by atoms with Crippen molar-refractivity contribution in [1.29, 1.82) is 0 Å². The van der Waals surface area contributed by atoms with E-state index >= 15 is 0 Å². The third-order valence-electron chi connectivity index (χ3n) is 2.57. The Bertz CT molecular complexity index is 327. The Hall–Kier alpha value is -0.680.